The van der Waals surface area contributed by atoms with Crippen LogP contribution in [-0.4, -0.2) is 78.6 Å². The number of morpholine rings is 1. The zero-order chi connectivity index (χ0) is 24.3. The fraction of sp³-hybridized carbons (Fsp3) is 0.500. The van der Waals surface area contributed by atoms with Crippen molar-refractivity contribution in [1.29, 1.82) is 0 Å². The zero-order valence-electron chi connectivity index (χ0n) is 20.9. The molecule has 0 saturated carbocycles. The molecular formula is C26H37N7O2. The number of aromatic amines is 1. The number of nitrogens with zero attached hydrogens (tertiary/aromatic N) is 5. The lowest BCUT2D eigenvalue weighted by Gasteiger charge is -2.28. The van der Waals surface area contributed by atoms with Crippen LogP contribution in [0.25, 0.3) is 10.9 Å². The number of rotatable bonds is 8. The molecule has 0 atom stereocenters. The maximum Gasteiger partial charge on any atom is 0.319 e. The van der Waals surface area contributed by atoms with E-state index in [-0.39, 0.29) is 0 Å². The number of benzene rings is 1. The van der Waals surface area contributed by atoms with Crippen LogP contribution in [0, 0.1) is 0 Å². The minimum Gasteiger partial charge on any atom is -0.462 e. The van der Waals surface area contributed by atoms with Crippen LogP contribution >= 0.6 is 0 Å². The number of piperidine rings is 1. The number of hydrazone groups is 1. The van der Waals surface area contributed by atoms with Crippen molar-refractivity contribution < 1.29 is 9.47 Å². The zero-order valence-corrected chi connectivity index (χ0v) is 20.9. The summed E-state index contributed by atoms with van der Waals surface area (Å²) >= 11 is 0. The molecule has 2 aromatic heterocycles. The van der Waals surface area contributed by atoms with Crippen LogP contribution in [0.4, 0.5) is 11.5 Å². The van der Waals surface area contributed by atoms with E-state index in [0.717, 1.165) is 55.1 Å². The number of aromatic nitrogens is 3. The number of fused-ring (bicyclic) bond motifs is 1. The highest BCUT2D eigenvalue weighted by Gasteiger charge is 2.16. The van der Waals surface area contributed by atoms with E-state index in [1.54, 1.807) is 6.21 Å². The molecule has 2 aliphatic rings. The smallest absolute Gasteiger partial charge is 0.319 e. The molecule has 4 heterocycles. The lowest BCUT2D eigenvalue weighted by atomic mass is 10.1. The van der Waals surface area contributed by atoms with Crippen LogP contribution in [0.5, 0.6) is 6.01 Å². The van der Waals surface area contributed by atoms with Crippen molar-refractivity contribution in [2.45, 2.75) is 33.1 Å². The van der Waals surface area contributed by atoms with E-state index in [2.05, 4.69) is 41.3 Å². The molecule has 9 nitrogen and oxygen atoms in total. The van der Waals surface area contributed by atoms with Crippen LogP contribution in [0.15, 0.2) is 41.6 Å². The van der Waals surface area contributed by atoms with Gasteiger partial charge in [0.15, 0.2) is 0 Å². The molecule has 3 aromatic rings. The largest absolute Gasteiger partial charge is 0.462 e. The monoisotopic (exact) mass is 479 g/mol. The quantitative estimate of drug-likeness (QED) is 0.371. The van der Waals surface area contributed by atoms with Gasteiger partial charge in [0.25, 0.3) is 0 Å². The Morgan fingerprint density at radius 2 is 1.89 bits per heavy atom. The van der Waals surface area contributed by atoms with E-state index in [4.69, 9.17) is 9.47 Å². The fourth-order valence-corrected chi connectivity index (χ4v) is 4.30. The molecular weight excluding hydrogens is 442 g/mol. The van der Waals surface area contributed by atoms with Gasteiger partial charge in [-0.1, -0.05) is 38.5 Å². The third-order valence-corrected chi connectivity index (χ3v) is 6.11. The first kappa shape index (κ1) is 24.9. The highest BCUT2D eigenvalue weighted by Crippen LogP contribution is 2.22. The maximum absolute atomic E-state index is 5.98. The number of nitrogens with one attached hydrogen (secondary N) is 2. The van der Waals surface area contributed by atoms with Crippen LogP contribution in [-0.2, 0) is 4.74 Å². The number of para-hydroxylation sites is 1. The van der Waals surface area contributed by atoms with Crippen molar-refractivity contribution in [3.05, 3.63) is 42.2 Å². The van der Waals surface area contributed by atoms with Crippen molar-refractivity contribution in [3.8, 4) is 6.01 Å². The van der Waals surface area contributed by atoms with Gasteiger partial charge < -0.3 is 19.4 Å². The van der Waals surface area contributed by atoms with E-state index in [9.17, 15) is 0 Å². The molecule has 5 rings (SSSR count). The number of anilines is 2. The molecule has 0 radical (unpaired) electrons. The first-order chi connectivity index (χ1) is 17.3. The SMILES string of the molecule is C(=N\Nc1c[nH]c2ccccc12)/c1cc(N2CCOCC2)nc(OCCN2CCCCC2)n1.CC. The minimum atomic E-state index is 0.393. The summed E-state index contributed by atoms with van der Waals surface area (Å²) in [4.78, 5) is 17.1. The van der Waals surface area contributed by atoms with Gasteiger partial charge in [0, 0.05) is 42.8 Å². The Labute approximate surface area is 207 Å². The number of likely N-dealkylation sites (tertiary alicyclic amines) is 1. The summed E-state index contributed by atoms with van der Waals surface area (Å²) in [6.45, 7) is 10.8. The van der Waals surface area contributed by atoms with Crippen LogP contribution in [0.3, 0.4) is 0 Å². The maximum atomic E-state index is 5.98. The van der Waals surface area contributed by atoms with Crippen LogP contribution < -0.4 is 15.1 Å². The molecule has 0 bridgehead atoms. The highest BCUT2D eigenvalue weighted by molar-refractivity contribution is 5.92. The van der Waals surface area contributed by atoms with Crippen molar-refractivity contribution in [1.82, 2.24) is 19.9 Å². The molecule has 9 heteroatoms. The highest BCUT2D eigenvalue weighted by atomic mass is 16.5. The van der Waals surface area contributed by atoms with Crippen molar-refractivity contribution in [2.75, 3.05) is 62.9 Å². The predicted octanol–water partition coefficient (Wildman–Crippen LogP) is 4.13. The topological polar surface area (TPSA) is 90.9 Å². The lowest BCUT2D eigenvalue weighted by Crippen LogP contribution is -2.37. The average molecular weight is 480 g/mol. The summed E-state index contributed by atoms with van der Waals surface area (Å²) in [5.41, 5.74) is 5.80. The summed E-state index contributed by atoms with van der Waals surface area (Å²) in [7, 11) is 0. The van der Waals surface area contributed by atoms with Crippen LogP contribution in [0.2, 0.25) is 0 Å². The first-order valence-corrected chi connectivity index (χ1v) is 12.8. The predicted molar refractivity (Wildman–Crippen MR) is 142 cm³/mol. The number of hydrogen-bond acceptors (Lipinski definition) is 8. The Hall–Kier alpha value is -3.17. The normalized spacial score (nSPS) is 16.8. The Kier molecular flexibility index (Phi) is 9.31. The molecule has 188 valence electrons. The second kappa shape index (κ2) is 13.1. The van der Waals surface area contributed by atoms with E-state index < -0.39 is 0 Å². The number of ether oxygens (including phenoxy) is 2. The van der Waals surface area contributed by atoms with Crippen LogP contribution in [0.1, 0.15) is 38.8 Å². The van der Waals surface area contributed by atoms with Gasteiger partial charge in [0.2, 0.25) is 0 Å². The van der Waals surface area contributed by atoms with Gasteiger partial charge in [-0.2, -0.15) is 15.1 Å². The molecule has 2 fully saturated rings. The van der Waals surface area contributed by atoms with Gasteiger partial charge in [-0.05, 0) is 32.0 Å². The molecule has 35 heavy (non-hydrogen) atoms. The van der Waals surface area contributed by atoms with Gasteiger partial charge >= 0.3 is 6.01 Å². The van der Waals surface area contributed by atoms with Gasteiger partial charge in [-0.25, -0.2) is 0 Å². The Balaban J connectivity index is 0.00000141. The van der Waals surface area contributed by atoms with E-state index in [1.807, 2.05) is 44.3 Å². The third kappa shape index (κ3) is 6.93. The second-order valence-electron chi connectivity index (χ2n) is 8.40. The Bertz CT molecular complexity index is 1070. The van der Waals surface area contributed by atoms with Gasteiger partial charge in [0.1, 0.15) is 12.4 Å². The van der Waals surface area contributed by atoms with Crippen molar-refractivity contribution in [3.63, 3.8) is 0 Å². The van der Waals surface area contributed by atoms with Gasteiger partial charge in [-0.15, -0.1) is 0 Å². The minimum absolute atomic E-state index is 0.393. The summed E-state index contributed by atoms with van der Waals surface area (Å²) in [6.07, 6.45) is 7.50. The van der Waals surface area contributed by atoms with E-state index in [0.29, 0.717) is 31.5 Å². The second-order valence-corrected chi connectivity index (χ2v) is 8.40. The standard InChI is InChI=1S/C24H31N7O2.C2H6/c1-4-8-30(9-5-1)10-15-33-24-27-19(16-23(28-24)31-11-13-32-14-12-31)17-26-29-22-18-25-21-7-3-2-6-20(21)22;1-2/h2-3,6-7,16-18,25,29H,1,4-5,8-15H2;1-2H3/b26-17+;. The average Bonchev–Trinajstić information content (AvgIpc) is 3.34. The molecule has 0 amide bonds. The lowest BCUT2D eigenvalue weighted by molar-refractivity contribution is 0.122. The van der Waals surface area contributed by atoms with Crippen molar-refractivity contribution in [2.24, 2.45) is 5.10 Å². The number of H-pyrrole nitrogens is 1. The van der Waals surface area contributed by atoms with Gasteiger partial charge in [0.05, 0.1) is 30.8 Å². The molecule has 2 aliphatic heterocycles. The molecule has 0 unspecified atom stereocenters. The molecule has 1 aromatic carbocycles. The number of hydrogen-bond donors (Lipinski definition) is 2. The Morgan fingerprint density at radius 3 is 2.71 bits per heavy atom. The van der Waals surface area contributed by atoms with E-state index in [1.165, 1.54) is 19.3 Å². The molecule has 2 N–H and O–H groups in total. The third-order valence-electron chi connectivity index (χ3n) is 6.11. The summed E-state index contributed by atoms with van der Waals surface area (Å²) < 4.78 is 11.5. The fourth-order valence-electron chi connectivity index (χ4n) is 4.30. The summed E-state index contributed by atoms with van der Waals surface area (Å²) in [6, 6.07) is 10.5. The van der Waals surface area contributed by atoms with E-state index >= 15 is 0 Å². The molecule has 0 aliphatic carbocycles. The first-order valence-electron chi connectivity index (χ1n) is 12.8. The van der Waals surface area contributed by atoms with Gasteiger partial charge in [-0.3, -0.25) is 10.3 Å². The Morgan fingerprint density at radius 1 is 1.09 bits per heavy atom. The summed E-state index contributed by atoms with van der Waals surface area (Å²) in [5.74, 6) is 0.842. The molecule has 0 spiro atoms. The summed E-state index contributed by atoms with van der Waals surface area (Å²) in [5, 5.41) is 5.51. The molecule has 2 saturated heterocycles. The van der Waals surface area contributed by atoms with Crippen molar-refractivity contribution >= 4 is 28.6 Å².